The summed E-state index contributed by atoms with van der Waals surface area (Å²) in [5, 5.41) is 9.89. The molecule has 0 bridgehead atoms. The molecule has 6 heterocycles. The normalized spacial score (nSPS) is 14.1. The first-order chi connectivity index (χ1) is 18.7. The largest absolute Gasteiger partial charge is 0.491 e. The average Bonchev–Trinajstić information content (AvgIpc) is 3.74. The number of aromatic amines is 2. The van der Waals surface area contributed by atoms with Gasteiger partial charge in [0, 0.05) is 61.7 Å². The lowest BCUT2D eigenvalue weighted by Gasteiger charge is -2.15. The predicted molar refractivity (Wildman–Crippen MR) is 154 cm³/mol. The van der Waals surface area contributed by atoms with Crippen molar-refractivity contribution < 1.29 is 4.74 Å². The second-order valence-electron chi connectivity index (χ2n) is 9.86. The van der Waals surface area contributed by atoms with E-state index in [1.807, 2.05) is 29.8 Å². The van der Waals surface area contributed by atoms with Crippen LogP contribution in [0.25, 0.3) is 54.9 Å². The summed E-state index contributed by atoms with van der Waals surface area (Å²) in [6, 6.07) is 17.1. The molecule has 0 radical (unpaired) electrons. The maximum atomic E-state index is 6.03. The summed E-state index contributed by atoms with van der Waals surface area (Å²) in [5.74, 6) is 0.779. The van der Waals surface area contributed by atoms with Crippen LogP contribution in [0.5, 0.6) is 5.75 Å². The second-order valence-corrected chi connectivity index (χ2v) is 11.1. The van der Waals surface area contributed by atoms with Crippen molar-refractivity contribution in [2.24, 2.45) is 0 Å². The molecule has 1 fully saturated rings. The van der Waals surface area contributed by atoms with E-state index >= 15 is 0 Å². The van der Waals surface area contributed by atoms with E-state index in [4.69, 9.17) is 4.74 Å². The molecule has 7 nitrogen and oxygen atoms in total. The highest BCUT2D eigenvalue weighted by Gasteiger charge is 2.16. The molecule has 7 rings (SSSR count). The van der Waals surface area contributed by atoms with Gasteiger partial charge in [0.05, 0.1) is 11.9 Å². The second kappa shape index (κ2) is 9.70. The van der Waals surface area contributed by atoms with Crippen LogP contribution < -0.4 is 4.74 Å². The quantitative estimate of drug-likeness (QED) is 0.245. The van der Waals surface area contributed by atoms with E-state index in [1.54, 1.807) is 6.20 Å². The number of hydrogen-bond donors (Lipinski definition) is 2. The van der Waals surface area contributed by atoms with E-state index < -0.39 is 0 Å². The third kappa shape index (κ3) is 4.36. The molecule has 1 aliphatic rings. The highest BCUT2D eigenvalue weighted by Crippen LogP contribution is 2.37. The van der Waals surface area contributed by atoms with Crippen LogP contribution in [-0.2, 0) is 0 Å². The number of likely N-dealkylation sites (tertiary alicyclic amines) is 1. The summed E-state index contributed by atoms with van der Waals surface area (Å²) in [4.78, 5) is 17.7. The Balaban J connectivity index is 1.20. The Bertz CT molecular complexity index is 1740. The molecule has 0 atom stereocenters. The molecule has 0 amide bonds. The number of fused-ring (bicyclic) bond motifs is 2. The van der Waals surface area contributed by atoms with Gasteiger partial charge in [-0.1, -0.05) is 12.1 Å². The number of benzene rings is 1. The Morgan fingerprint density at radius 3 is 2.74 bits per heavy atom. The highest BCUT2D eigenvalue weighted by molar-refractivity contribution is 7.15. The molecular weight excluding hydrogens is 492 g/mol. The molecule has 0 saturated carbocycles. The molecule has 1 aliphatic heterocycles. The van der Waals surface area contributed by atoms with E-state index in [1.165, 1.54) is 46.6 Å². The standard InChI is InChI=1S/C30H28N6OS/c1-19-7-8-28(38-19)23-5-4-6-26-24(23)15-27(33-26)29-25-14-21(17-32-30(25)35-34-29)20-13-22(18-31-16-20)37-12-11-36-9-2-3-10-36/h4-8,13-18,33H,2-3,9-12H2,1H3,(H,32,34,35). The van der Waals surface area contributed by atoms with Crippen molar-refractivity contribution in [1.82, 2.24) is 30.0 Å². The molecule has 8 heteroatoms. The van der Waals surface area contributed by atoms with Gasteiger partial charge in [-0.25, -0.2) is 4.98 Å². The van der Waals surface area contributed by atoms with Crippen molar-refractivity contribution in [2.45, 2.75) is 19.8 Å². The smallest absolute Gasteiger partial charge is 0.155 e. The van der Waals surface area contributed by atoms with Gasteiger partial charge in [0.2, 0.25) is 0 Å². The highest BCUT2D eigenvalue weighted by atomic mass is 32.1. The summed E-state index contributed by atoms with van der Waals surface area (Å²) in [6.07, 6.45) is 8.07. The Morgan fingerprint density at radius 1 is 0.974 bits per heavy atom. The van der Waals surface area contributed by atoms with Crippen LogP contribution in [0.2, 0.25) is 0 Å². The topological polar surface area (TPSA) is 82.7 Å². The van der Waals surface area contributed by atoms with Crippen molar-refractivity contribution in [3.8, 4) is 38.7 Å². The van der Waals surface area contributed by atoms with Crippen LogP contribution in [0.4, 0.5) is 0 Å². The van der Waals surface area contributed by atoms with Crippen molar-refractivity contribution in [2.75, 3.05) is 26.2 Å². The number of aromatic nitrogens is 5. The van der Waals surface area contributed by atoms with Crippen molar-refractivity contribution in [1.29, 1.82) is 0 Å². The minimum Gasteiger partial charge on any atom is -0.491 e. The number of nitrogens with zero attached hydrogens (tertiary/aromatic N) is 4. The molecule has 0 aliphatic carbocycles. The molecule has 2 N–H and O–H groups in total. The van der Waals surface area contributed by atoms with Crippen LogP contribution in [-0.4, -0.2) is 56.3 Å². The monoisotopic (exact) mass is 520 g/mol. The first-order valence-electron chi connectivity index (χ1n) is 13.0. The lowest BCUT2D eigenvalue weighted by Crippen LogP contribution is -2.25. The third-order valence-electron chi connectivity index (χ3n) is 7.26. The zero-order chi connectivity index (χ0) is 25.5. The Labute approximate surface area is 224 Å². The number of nitrogens with one attached hydrogen (secondary N) is 2. The number of ether oxygens (including phenoxy) is 1. The van der Waals surface area contributed by atoms with E-state index in [-0.39, 0.29) is 0 Å². The fourth-order valence-corrected chi connectivity index (χ4v) is 6.21. The lowest BCUT2D eigenvalue weighted by molar-refractivity contribution is 0.237. The van der Waals surface area contributed by atoms with Gasteiger partial charge in [-0.15, -0.1) is 11.3 Å². The first kappa shape index (κ1) is 23.1. The first-order valence-corrected chi connectivity index (χ1v) is 13.9. The molecule has 38 heavy (non-hydrogen) atoms. The van der Waals surface area contributed by atoms with Crippen LogP contribution in [0.3, 0.4) is 0 Å². The van der Waals surface area contributed by atoms with Gasteiger partial charge in [0.25, 0.3) is 0 Å². The van der Waals surface area contributed by atoms with E-state index in [0.29, 0.717) is 6.61 Å². The number of rotatable bonds is 7. The summed E-state index contributed by atoms with van der Waals surface area (Å²) < 4.78 is 6.03. The predicted octanol–water partition coefficient (Wildman–Crippen LogP) is 6.68. The fourth-order valence-electron chi connectivity index (χ4n) is 5.30. The maximum absolute atomic E-state index is 6.03. The van der Waals surface area contributed by atoms with Crippen LogP contribution in [0.15, 0.2) is 67.1 Å². The van der Waals surface area contributed by atoms with Gasteiger partial charge in [0.1, 0.15) is 18.1 Å². The van der Waals surface area contributed by atoms with E-state index in [0.717, 1.165) is 51.4 Å². The number of hydrogen-bond acceptors (Lipinski definition) is 6. The summed E-state index contributed by atoms with van der Waals surface area (Å²) in [6.45, 7) is 6.11. The summed E-state index contributed by atoms with van der Waals surface area (Å²) >= 11 is 1.81. The van der Waals surface area contributed by atoms with Crippen LogP contribution in [0, 0.1) is 6.92 Å². The fraction of sp³-hybridized carbons (Fsp3) is 0.233. The summed E-state index contributed by atoms with van der Waals surface area (Å²) in [5.41, 5.74) is 6.83. The number of aryl methyl sites for hydroxylation is 1. The SMILES string of the molecule is Cc1ccc(-c2cccc3[nH]c(-c4n[nH]c5ncc(-c6cncc(OCCN7CCCC7)c6)cc45)cc23)s1. The lowest BCUT2D eigenvalue weighted by atomic mass is 10.1. The molecule has 6 aromatic rings. The average molecular weight is 521 g/mol. The van der Waals surface area contributed by atoms with Gasteiger partial charge in [0.15, 0.2) is 5.65 Å². The molecule has 0 unspecified atom stereocenters. The molecule has 5 aromatic heterocycles. The van der Waals surface area contributed by atoms with Gasteiger partial charge in [-0.2, -0.15) is 5.10 Å². The Morgan fingerprint density at radius 2 is 1.87 bits per heavy atom. The molecule has 1 aromatic carbocycles. The van der Waals surface area contributed by atoms with Crippen molar-refractivity contribution in [3.05, 3.63) is 72.0 Å². The number of thiophene rings is 1. The minimum absolute atomic E-state index is 0.668. The zero-order valence-electron chi connectivity index (χ0n) is 21.2. The van der Waals surface area contributed by atoms with Gasteiger partial charge in [-0.05, 0) is 69.3 Å². The summed E-state index contributed by atoms with van der Waals surface area (Å²) in [7, 11) is 0. The van der Waals surface area contributed by atoms with Gasteiger partial charge >= 0.3 is 0 Å². The minimum atomic E-state index is 0.668. The number of pyridine rings is 2. The Hall–Kier alpha value is -4.01. The molecule has 0 spiro atoms. The van der Waals surface area contributed by atoms with E-state index in [2.05, 4.69) is 79.4 Å². The van der Waals surface area contributed by atoms with Crippen molar-refractivity contribution >= 4 is 33.3 Å². The molecule has 190 valence electrons. The van der Waals surface area contributed by atoms with Crippen molar-refractivity contribution in [3.63, 3.8) is 0 Å². The van der Waals surface area contributed by atoms with Gasteiger partial charge < -0.3 is 9.72 Å². The molecular formula is C30H28N6OS. The molecule has 1 saturated heterocycles. The van der Waals surface area contributed by atoms with E-state index in [9.17, 15) is 0 Å². The van der Waals surface area contributed by atoms with Crippen LogP contribution >= 0.6 is 11.3 Å². The maximum Gasteiger partial charge on any atom is 0.155 e. The zero-order valence-corrected chi connectivity index (χ0v) is 22.0. The van der Waals surface area contributed by atoms with Crippen LogP contribution in [0.1, 0.15) is 17.7 Å². The Kier molecular flexibility index (Phi) is 5.91. The van der Waals surface area contributed by atoms with Gasteiger partial charge in [-0.3, -0.25) is 15.0 Å². The third-order valence-corrected chi connectivity index (χ3v) is 8.30. The number of H-pyrrole nitrogens is 2.